The van der Waals surface area contributed by atoms with E-state index in [1.807, 2.05) is 0 Å². The molecule has 0 radical (unpaired) electrons. The second-order valence-electron chi connectivity index (χ2n) is 5.59. The average molecular weight is 340 g/mol. The van der Waals surface area contributed by atoms with Crippen molar-refractivity contribution in [1.29, 1.82) is 0 Å². The average Bonchev–Trinajstić information content (AvgIpc) is 2.96. The van der Waals surface area contributed by atoms with Gasteiger partial charge in [-0.15, -0.1) is 0 Å². The minimum absolute atomic E-state index is 0.242. The highest BCUT2D eigenvalue weighted by Crippen LogP contribution is 2.42. The number of primary amides is 1. The number of morpholine rings is 1. The number of nitrogens with zero attached hydrogens (tertiary/aromatic N) is 1. The summed E-state index contributed by atoms with van der Waals surface area (Å²) in [5.41, 5.74) is 13.1. The summed E-state index contributed by atoms with van der Waals surface area (Å²) >= 11 is 0. The molecule has 2 heterocycles. The van der Waals surface area contributed by atoms with Gasteiger partial charge in [-0.25, -0.2) is 8.42 Å². The van der Waals surface area contributed by atoms with E-state index in [9.17, 15) is 13.2 Å². The maximum Gasteiger partial charge on any atom is 0.241 e. The summed E-state index contributed by atoms with van der Waals surface area (Å²) < 4.78 is 32.7. The maximum atomic E-state index is 13.1. The number of nitrogens with one attached hydrogen (secondary N) is 1. The number of fused-ring (bicyclic) bond motifs is 1. The molecule has 1 amide bonds. The predicted octanol–water partition coefficient (Wildman–Crippen LogP) is -0.872. The van der Waals surface area contributed by atoms with Crippen molar-refractivity contribution in [3.63, 3.8) is 0 Å². The van der Waals surface area contributed by atoms with Crippen molar-refractivity contribution in [2.75, 3.05) is 31.6 Å². The van der Waals surface area contributed by atoms with E-state index in [0.717, 1.165) is 5.56 Å². The van der Waals surface area contributed by atoms with Crippen LogP contribution in [0.4, 0.5) is 5.69 Å². The number of amides is 1. The highest BCUT2D eigenvalue weighted by atomic mass is 32.2. The molecular weight excluding hydrogens is 320 g/mol. The van der Waals surface area contributed by atoms with Crippen molar-refractivity contribution >= 4 is 21.6 Å². The summed E-state index contributed by atoms with van der Waals surface area (Å²) in [5.74, 6) is -0.703. The van der Waals surface area contributed by atoms with E-state index in [4.69, 9.17) is 16.2 Å². The van der Waals surface area contributed by atoms with Gasteiger partial charge in [-0.3, -0.25) is 4.79 Å². The van der Waals surface area contributed by atoms with Gasteiger partial charge in [0.05, 0.1) is 13.2 Å². The Hall–Kier alpha value is -1.68. The molecule has 1 fully saturated rings. The zero-order chi connectivity index (χ0) is 16.6. The number of rotatable bonds is 4. The van der Waals surface area contributed by atoms with Crippen LogP contribution in [0, 0.1) is 0 Å². The normalized spacial score (nSPS) is 24.9. The van der Waals surface area contributed by atoms with Gasteiger partial charge in [-0.05, 0) is 11.1 Å². The molecule has 0 bridgehead atoms. The van der Waals surface area contributed by atoms with Gasteiger partial charge in [0.2, 0.25) is 15.9 Å². The van der Waals surface area contributed by atoms with E-state index in [2.05, 4.69) is 5.32 Å². The van der Waals surface area contributed by atoms with Crippen LogP contribution in [0.1, 0.15) is 16.4 Å². The smallest absolute Gasteiger partial charge is 0.241 e. The van der Waals surface area contributed by atoms with Crippen LogP contribution in [0.2, 0.25) is 0 Å². The molecule has 2 aliphatic heterocycles. The van der Waals surface area contributed by atoms with E-state index in [1.54, 1.807) is 18.2 Å². The van der Waals surface area contributed by atoms with E-state index in [0.29, 0.717) is 24.5 Å². The maximum absolute atomic E-state index is 13.1. The van der Waals surface area contributed by atoms with Gasteiger partial charge < -0.3 is 21.5 Å². The van der Waals surface area contributed by atoms with Crippen LogP contribution < -0.4 is 16.8 Å². The predicted molar refractivity (Wildman–Crippen MR) is 85.0 cm³/mol. The minimum Gasteiger partial charge on any atom is -0.379 e. The number of carbonyl (C=O) groups excluding carboxylic acids is 1. The molecule has 0 aromatic heterocycles. The molecule has 2 aliphatic rings. The fourth-order valence-corrected chi connectivity index (χ4v) is 5.17. The Labute approximate surface area is 134 Å². The molecule has 3 rings (SSSR count). The van der Waals surface area contributed by atoms with Crippen molar-refractivity contribution < 1.29 is 17.9 Å². The lowest BCUT2D eigenvalue weighted by Crippen LogP contribution is -2.47. The van der Waals surface area contributed by atoms with Gasteiger partial charge >= 0.3 is 0 Å². The third-order valence-corrected chi connectivity index (χ3v) is 6.52. The van der Waals surface area contributed by atoms with Crippen molar-refractivity contribution in [3.05, 3.63) is 29.3 Å². The number of anilines is 1. The lowest BCUT2D eigenvalue weighted by molar-refractivity contribution is -0.118. The Morgan fingerprint density at radius 2 is 2.04 bits per heavy atom. The standard InChI is InChI=1S/C14H20N4O4S/c15-8-9-2-1-3-10-11(9)17-12(14(16)19)13(10)23(20,21)18-4-6-22-7-5-18/h1-3,12-13,17H,4-8,15H2,(H2,16,19). The molecule has 0 saturated carbocycles. The highest BCUT2D eigenvalue weighted by molar-refractivity contribution is 7.89. The molecular formula is C14H20N4O4S. The Morgan fingerprint density at radius 1 is 1.35 bits per heavy atom. The Bertz CT molecular complexity index is 715. The minimum atomic E-state index is -3.75. The van der Waals surface area contributed by atoms with Gasteiger partial charge in [-0.1, -0.05) is 18.2 Å². The SMILES string of the molecule is NCc1cccc2c1NC(C(N)=O)C2S(=O)(=O)N1CCOCC1. The van der Waals surface area contributed by atoms with Crippen LogP contribution in [0.3, 0.4) is 0 Å². The lowest BCUT2D eigenvalue weighted by atomic mass is 10.1. The molecule has 5 N–H and O–H groups in total. The number of nitrogens with two attached hydrogens (primary N) is 2. The number of carbonyl (C=O) groups is 1. The Kier molecular flexibility index (Phi) is 4.28. The van der Waals surface area contributed by atoms with Crippen LogP contribution in [0.15, 0.2) is 18.2 Å². The van der Waals surface area contributed by atoms with Gasteiger partial charge in [-0.2, -0.15) is 4.31 Å². The van der Waals surface area contributed by atoms with Gasteiger partial charge in [0.15, 0.2) is 0 Å². The lowest BCUT2D eigenvalue weighted by Gasteiger charge is -2.30. The molecule has 8 nitrogen and oxygen atoms in total. The summed E-state index contributed by atoms with van der Waals surface area (Å²) in [7, 11) is -3.75. The molecule has 1 saturated heterocycles. The quantitative estimate of drug-likeness (QED) is 0.653. The van der Waals surface area contributed by atoms with Gasteiger partial charge in [0, 0.05) is 25.3 Å². The van der Waals surface area contributed by atoms with Crippen LogP contribution in [0.5, 0.6) is 0 Å². The first-order valence-corrected chi connectivity index (χ1v) is 8.91. The Balaban J connectivity index is 2.07. The van der Waals surface area contributed by atoms with E-state index in [-0.39, 0.29) is 19.6 Å². The third-order valence-electron chi connectivity index (χ3n) is 4.27. The number of sulfonamides is 1. The summed E-state index contributed by atoms with van der Waals surface area (Å²) in [6, 6.07) is 4.24. The molecule has 2 atom stereocenters. The Morgan fingerprint density at radius 3 is 2.65 bits per heavy atom. The molecule has 126 valence electrons. The largest absolute Gasteiger partial charge is 0.379 e. The molecule has 23 heavy (non-hydrogen) atoms. The molecule has 2 unspecified atom stereocenters. The summed E-state index contributed by atoms with van der Waals surface area (Å²) in [6.45, 7) is 1.48. The molecule has 9 heteroatoms. The van der Waals surface area contributed by atoms with E-state index in [1.165, 1.54) is 4.31 Å². The van der Waals surface area contributed by atoms with E-state index >= 15 is 0 Å². The summed E-state index contributed by atoms with van der Waals surface area (Å²) in [4.78, 5) is 11.8. The summed E-state index contributed by atoms with van der Waals surface area (Å²) in [6.07, 6.45) is 0. The molecule has 0 aliphatic carbocycles. The first-order chi connectivity index (χ1) is 11.0. The zero-order valence-electron chi connectivity index (χ0n) is 12.6. The van der Waals surface area contributed by atoms with Crippen LogP contribution in [0.25, 0.3) is 0 Å². The van der Waals surface area contributed by atoms with Gasteiger partial charge in [0.25, 0.3) is 0 Å². The van der Waals surface area contributed by atoms with Crippen molar-refractivity contribution in [2.45, 2.75) is 17.8 Å². The number of para-hydroxylation sites is 1. The number of hydrogen-bond donors (Lipinski definition) is 3. The first kappa shape index (κ1) is 16.2. The molecule has 1 aromatic rings. The van der Waals surface area contributed by atoms with Gasteiger partial charge in [0.1, 0.15) is 11.3 Å². The number of benzene rings is 1. The van der Waals surface area contributed by atoms with E-state index < -0.39 is 27.2 Å². The second-order valence-corrected chi connectivity index (χ2v) is 7.64. The van der Waals surface area contributed by atoms with Crippen LogP contribution in [-0.2, 0) is 26.1 Å². The molecule has 0 spiro atoms. The van der Waals surface area contributed by atoms with Crippen molar-refractivity contribution in [2.24, 2.45) is 11.5 Å². The third kappa shape index (κ3) is 2.69. The first-order valence-electron chi connectivity index (χ1n) is 7.41. The monoisotopic (exact) mass is 340 g/mol. The molecule has 1 aromatic carbocycles. The number of hydrogen-bond acceptors (Lipinski definition) is 6. The van der Waals surface area contributed by atoms with Crippen molar-refractivity contribution in [1.82, 2.24) is 4.31 Å². The topological polar surface area (TPSA) is 128 Å². The summed E-state index contributed by atoms with van der Waals surface area (Å²) in [5, 5.41) is 1.92. The fraction of sp³-hybridized carbons (Fsp3) is 0.500. The zero-order valence-corrected chi connectivity index (χ0v) is 13.4. The van der Waals surface area contributed by atoms with Crippen LogP contribution >= 0.6 is 0 Å². The van der Waals surface area contributed by atoms with Crippen molar-refractivity contribution in [3.8, 4) is 0 Å². The highest BCUT2D eigenvalue weighted by Gasteiger charge is 2.47. The second kappa shape index (κ2) is 6.08. The number of ether oxygens (including phenoxy) is 1. The fourth-order valence-electron chi connectivity index (χ4n) is 3.13. The van der Waals surface area contributed by atoms with Crippen LogP contribution in [-0.4, -0.2) is 51.0 Å².